The van der Waals surface area contributed by atoms with Crippen LogP contribution in [0.4, 0.5) is 8.78 Å². The molecule has 0 radical (unpaired) electrons. The Kier molecular flexibility index (Phi) is 3.86. The molecule has 0 saturated carbocycles. The van der Waals surface area contributed by atoms with E-state index in [1.807, 2.05) is 0 Å². The zero-order chi connectivity index (χ0) is 14.0. The van der Waals surface area contributed by atoms with Crippen LogP contribution in [-0.2, 0) is 10.1 Å². The maximum Gasteiger partial charge on any atom is 0.339 e. The van der Waals surface area contributed by atoms with Gasteiger partial charge in [-0.1, -0.05) is 22.0 Å². The van der Waals surface area contributed by atoms with Crippen molar-refractivity contribution in [2.45, 2.75) is 4.90 Å². The zero-order valence-corrected chi connectivity index (χ0v) is 11.7. The van der Waals surface area contributed by atoms with Crippen LogP contribution in [0.15, 0.2) is 51.8 Å². The molecule has 0 aromatic heterocycles. The van der Waals surface area contributed by atoms with E-state index in [0.29, 0.717) is 10.5 Å². The second-order valence-corrected chi connectivity index (χ2v) is 6.03. The smallest absolute Gasteiger partial charge is 0.339 e. The Hall–Kier alpha value is -1.47. The molecule has 100 valence electrons. The van der Waals surface area contributed by atoms with E-state index in [2.05, 4.69) is 20.1 Å². The van der Waals surface area contributed by atoms with Gasteiger partial charge in [-0.25, -0.2) is 8.78 Å². The average molecular weight is 349 g/mol. The molecule has 0 fully saturated rings. The summed E-state index contributed by atoms with van der Waals surface area (Å²) in [6, 6.07) is 8.14. The molecule has 3 nitrogen and oxygen atoms in total. The molecule has 0 heterocycles. The van der Waals surface area contributed by atoms with Crippen molar-refractivity contribution in [3.63, 3.8) is 0 Å². The first kappa shape index (κ1) is 14.0. The molecule has 2 aromatic rings. The summed E-state index contributed by atoms with van der Waals surface area (Å²) >= 11 is 3.12. The van der Waals surface area contributed by atoms with E-state index in [9.17, 15) is 17.2 Å². The first-order valence-corrected chi connectivity index (χ1v) is 7.24. The van der Waals surface area contributed by atoms with Crippen molar-refractivity contribution in [1.29, 1.82) is 0 Å². The largest absolute Gasteiger partial charge is 0.376 e. The Morgan fingerprint density at radius 1 is 1.05 bits per heavy atom. The van der Waals surface area contributed by atoms with E-state index in [1.165, 1.54) is 18.2 Å². The third-order valence-electron chi connectivity index (χ3n) is 2.18. The standard InChI is InChI=1S/C12H7BrF2O3S/c13-8-2-1-3-10(6-8)19(16,17)18-12-5-4-9(14)7-11(12)15/h1-7H. The maximum absolute atomic E-state index is 13.3. The predicted octanol–water partition coefficient (Wildman–Crippen LogP) is 3.50. The van der Waals surface area contributed by atoms with Crippen LogP contribution in [0.1, 0.15) is 0 Å². The molecule has 2 rings (SSSR count). The molecule has 0 bridgehead atoms. The average Bonchev–Trinajstić information content (AvgIpc) is 2.33. The van der Waals surface area contributed by atoms with Crippen LogP contribution >= 0.6 is 15.9 Å². The van der Waals surface area contributed by atoms with Crippen LogP contribution in [0.5, 0.6) is 5.75 Å². The van der Waals surface area contributed by atoms with E-state index in [4.69, 9.17) is 0 Å². The van der Waals surface area contributed by atoms with Crippen LogP contribution in [0.2, 0.25) is 0 Å². The van der Waals surface area contributed by atoms with Crippen molar-refractivity contribution in [3.8, 4) is 5.75 Å². The molecule has 7 heteroatoms. The molecule has 19 heavy (non-hydrogen) atoms. The Bertz CT molecular complexity index is 717. The highest BCUT2D eigenvalue weighted by molar-refractivity contribution is 9.10. The first-order valence-electron chi connectivity index (χ1n) is 5.03. The number of rotatable bonds is 3. The summed E-state index contributed by atoms with van der Waals surface area (Å²) in [4.78, 5) is -0.134. The van der Waals surface area contributed by atoms with Gasteiger partial charge in [0.1, 0.15) is 10.7 Å². The summed E-state index contributed by atoms with van der Waals surface area (Å²) in [7, 11) is -4.16. The molecule has 0 aliphatic carbocycles. The normalized spacial score (nSPS) is 11.3. The van der Waals surface area contributed by atoms with Crippen LogP contribution in [0, 0.1) is 11.6 Å². The van der Waals surface area contributed by atoms with Gasteiger partial charge in [-0.2, -0.15) is 8.42 Å². The number of hydrogen-bond acceptors (Lipinski definition) is 3. The lowest BCUT2D eigenvalue weighted by Gasteiger charge is -2.08. The van der Waals surface area contributed by atoms with Gasteiger partial charge >= 0.3 is 10.1 Å². The third-order valence-corrected chi connectivity index (χ3v) is 3.90. The summed E-state index contributed by atoms with van der Waals surface area (Å²) in [5.41, 5.74) is 0. The summed E-state index contributed by atoms with van der Waals surface area (Å²) < 4.78 is 55.0. The molecule has 0 spiro atoms. The number of hydrogen-bond donors (Lipinski definition) is 0. The van der Waals surface area contributed by atoms with Crippen molar-refractivity contribution in [1.82, 2.24) is 0 Å². The van der Waals surface area contributed by atoms with Crippen molar-refractivity contribution in [2.75, 3.05) is 0 Å². The van der Waals surface area contributed by atoms with E-state index in [-0.39, 0.29) is 4.90 Å². The number of halogens is 3. The van der Waals surface area contributed by atoms with Gasteiger partial charge in [0.05, 0.1) is 0 Å². The highest BCUT2D eigenvalue weighted by atomic mass is 79.9. The van der Waals surface area contributed by atoms with Crippen LogP contribution in [-0.4, -0.2) is 8.42 Å². The molecule has 0 amide bonds. The van der Waals surface area contributed by atoms with Gasteiger partial charge in [-0.15, -0.1) is 0 Å². The van der Waals surface area contributed by atoms with E-state index in [0.717, 1.165) is 12.1 Å². The summed E-state index contributed by atoms with van der Waals surface area (Å²) in [6.07, 6.45) is 0. The second-order valence-electron chi connectivity index (χ2n) is 3.57. The molecular weight excluding hydrogens is 342 g/mol. The minimum Gasteiger partial charge on any atom is -0.376 e. The highest BCUT2D eigenvalue weighted by Gasteiger charge is 2.19. The topological polar surface area (TPSA) is 43.4 Å². The molecule has 2 aromatic carbocycles. The molecule has 0 aliphatic heterocycles. The monoisotopic (exact) mass is 348 g/mol. The Balaban J connectivity index is 2.36. The van der Waals surface area contributed by atoms with Crippen molar-refractivity contribution in [2.24, 2.45) is 0 Å². The van der Waals surface area contributed by atoms with Gasteiger partial charge < -0.3 is 4.18 Å². The SMILES string of the molecule is O=S(=O)(Oc1ccc(F)cc1F)c1cccc(Br)c1. The minimum absolute atomic E-state index is 0.134. The van der Waals surface area contributed by atoms with Gasteiger partial charge in [-0.3, -0.25) is 0 Å². The maximum atomic E-state index is 13.3. The predicted molar refractivity (Wildman–Crippen MR) is 68.3 cm³/mol. The van der Waals surface area contributed by atoms with E-state index < -0.39 is 27.5 Å². The second kappa shape index (κ2) is 5.26. The van der Waals surface area contributed by atoms with Gasteiger partial charge in [0.15, 0.2) is 11.6 Å². The van der Waals surface area contributed by atoms with Crippen molar-refractivity contribution in [3.05, 3.63) is 58.6 Å². The van der Waals surface area contributed by atoms with Gasteiger partial charge in [0.25, 0.3) is 0 Å². The third kappa shape index (κ3) is 3.30. The van der Waals surface area contributed by atoms with Crippen LogP contribution < -0.4 is 4.18 Å². The molecular formula is C12H7BrF2O3S. The summed E-state index contributed by atoms with van der Waals surface area (Å²) in [5, 5.41) is 0. The fraction of sp³-hybridized carbons (Fsp3) is 0. The zero-order valence-electron chi connectivity index (χ0n) is 9.31. The minimum atomic E-state index is -4.16. The quantitative estimate of drug-likeness (QED) is 0.797. The Labute approximate surface area is 117 Å². The summed E-state index contributed by atoms with van der Waals surface area (Å²) in [5.74, 6) is -2.45. The Morgan fingerprint density at radius 2 is 1.79 bits per heavy atom. The lowest BCUT2D eigenvalue weighted by molar-refractivity contribution is 0.457. The molecule has 0 atom stereocenters. The lowest BCUT2D eigenvalue weighted by Crippen LogP contribution is -2.10. The van der Waals surface area contributed by atoms with Crippen molar-refractivity contribution < 1.29 is 21.4 Å². The molecule has 0 aliphatic rings. The molecule has 0 N–H and O–H groups in total. The molecule has 0 unspecified atom stereocenters. The summed E-state index contributed by atoms with van der Waals surface area (Å²) in [6.45, 7) is 0. The molecule has 0 saturated heterocycles. The highest BCUT2D eigenvalue weighted by Crippen LogP contribution is 2.24. The fourth-order valence-electron chi connectivity index (χ4n) is 1.33. The van der Waals surface area contributed by atoms with E-state index in [1.54, 1.807) is 6.07 Å². The number of benzene rings is 2. The van der Waals surface area contributed by atoms with Gasteiger partial charge in [0, 0.05) is 10.5 Å². The first-order chi connectivity index (χ1) is 8.88. The van der Waals surface area contributed by atoms with Gasteiger partial charge in [-0.05, 0) is 30.3 Å². The van der Waals surface area contributed by atoms with Crippen LogP contribution in [0.3, 0.4) is 0 Å². The van der Waals surface area contributed by atoms with E-state index >= 15 is 0 Å². The Morgan fingerprint density at radius 3 is 2.42 bits per heavy atom. The van der Waals surface area contributed by atoms with Crippen molar-refractivity contribution >= 4 is 26.0 Å². The lowest BCUT2D eigenvalue weighted by atomic mass is 10.3. The van der Waals surface area contributed by atoms with Crippen LogP contribution in [0.25, 0.3) is 0 Å². The fourth-order valence-corrected chi connectivity index (χ4v) is 2.87. The van der Waals surface area contributed by atoms with Gasteiger partial charge in [0.2, 0.25) is 0 Å².